The predicted octanol–water partition coefficient (Wildman–Crippen LogP) is 5.17. The summed E-state index contributed by atoms with van der Waals surface area (Å²) in [6, 6.07) is 4.68. The molecule has 1 aliphatic rings. The Morgan fingerprint density at radius 1 is 1.15 bits per heavy atom. The van der Waals surface area contributed by atoms with Crippen molar-refractivity contribution >= 4 is 5.69 Å². The second-order valence-corrected chi connectivity index (χ2v) is 6.41. The summed E-state index contributed by atoms with van der Waals surface area (Å²) in [5.74, 6) is 1.37. The first-order valence-corrected chi connectivity index (χ1v) is 8.17. The van der Waals surface area contributed by atoms with Gasteiger partial charge in [0.15, 0.2) is 0 Å². The predicted molar refractivity (Wildman–Crippen MR) is 86.5 cm³/mol. The van der Waals surface area contributed by atoms with E-state index in [1.807, 2.05) is 19.9 Å². The molecule has 1 saturated carbocycles. The lowest BCUT2D eigenvalue weighted by Gasteiger charge is -2.20. The molecule has 1 aromatic rings. The van der Waals surface area contributed by atoms with Crippen LogP contribution in [0.4, 0.5) is 5.69 Å². The molecular weight excluding hydrogens is 246 g/mol. The standard InChI is InChI=1S/C18H29NO/c1-4-6-15-7-5-8-16(11-10-15)19-17-12-9-13(2)18(20)14(17)3/h9,12,15-16,19-20H,4-8,10-11H2,1-3H3. The number of aryl methyl sites for hydroxylation is 1. The number of anilines is 1. The minimum atomic E-state index is 0.437. The van der Waals surface area contributed by atoms with Gasteiger partial charge in [0.1, 0.15) is 5.75 Å². The lowest BCUT2D eigenvalue weighted by atomic mass is 9.95. The Labute approximate surface area is 123 Å². The van der Waals surface area contributed by atoms with Crippen molar-refractivity contribution in [2.75, 3.05) is 5.32 Å². The zero-order valence-electron chi connectivity index (χ0n) is 13.2. The first-order valence-electron chi connectivity index (χ1n) is 8.17. The highest BCUT2D eigenvalue weighted by atomic mass is 16.3. The van der Waals surface area contributed by atoms with E-state index in [1.54, 1.807) is 0 Å². The van der Waals surface area contributed by atoms with Gasteiger partial charge >= 0.3 is 0 Å². The fourth-order valence-corrected chi connectivity index (χ4v) is 3.43. The Bertz CT molecular complexity index is 441. The van der Waals surface area contributed by atoms with Crippen LogP contribution in [0.5, 0.6) is 5.75 Å². The van der Waals surface area contributed by atoms with Crippen molar-refractivity contribution in [2.45, 2.75) is 71.8 Å². The van der Waals surface area contributed by atoms with Crippen LogP contribution in [-0.4, -0.2) is 11.1 Å². The number of phenolic OH excluding ortho intramolecular Hbond substituents is 1. The summed E-state index contributed by atoms with van der Waals surface area (Å²) >= 11 is 0. The molecule has 0 saturated heterocycles. The SMILES string of the molecule is CCCC1CCCC(Nc2ccc(C)c(O)c2C)CC1. The first kappa shape index (κ1) is 15.2. The van der Waals surface area contributed by atoms with Crippen LogP contribution < -0.4 is 5.32 Å². The number of rotatable bonds is 4. The van der Waals surface area contributed by atoms with Gasteiger partial charge in [0.05, 0.1) is 0 Å². The van der Waals surface area contributed by atoms with Crippen LogP contribution in [0.2, 0.25) is 0 Å². The van der Waals surface area contributed by atoms with Gasteiger partial charge in [0.25, 0.3) is 0 Å². The van der Waals surface area contributed by atoms with E-state index in [1.165, 1.54) is 44.9 Å². The Kier molecular flexibility index (Phi) is 5.33. The Morgan fingerprint density at radius 3 is 2.70 bits per heavy atom. The van der Waals surface area contributed by atoms with Gasteiger partial charge in [0, 0.05) is 17.3 Å². The molecule has 20 heavy (non-hydrogen) atoms. The van der Waals surface area contributed by atoms with Gasteiger partial charge in [-0.1, -0.05) is 38.7 Å². The lowest BCUT2D eigenvalue weighted by molar-refractivity contribution is 0.422. The van der Waals surface area contributed by atoms with E-state index in [0.717, 1.165) is 22.7 Å². The van der Waals surface area contributed by atoms with Gasteiger partial charge in [-0.05, 0) is 50.7 Å². The molecule has 2 heteroatoms. The van der Waals surface area contributed by atoms with Crippen LogP contribution in [0.25, 0.3) is 0 Å². The summed E-state index contributed by atoms with van der Waals surface area (Å²) in [5.41, 5.74) is 3.04. The molecule has 1 aromatic carbocycles. The quantitative estimate of drug-likeness (QED) is 0.743. The first-order chi connectivity index (χ1) is 9.61. The molecule has 1 fully saturated rings. The molecule has 2 unspecified atom stereocenters. The maximum atomic E-state index is 10.0. The summed E-state index contributed by atoms with van der Waals surface area (Å²) in [7, 11) is 0. The van der Waals surface area contributed by atoms with Crippen molar-refractivity contribution in [1.29, 1.82) is 0 Å². The van der Waals surface area contributed by atoms with Gasteiger partial charge in [-0.25, -0.2) is 0 Å². The molecule has 112 valence electrons. The highest BCUT2D eigenvalue weighted by Gasteiger charge is 2.19. The van der Waals surface area contributed by atoms with Crippen LogP contribution in [0, 0.1) is 19.8 Å². The van der Waals surface area contributed by atoms with Crippen LogP contribution >= 0.6 is 0 Å². The Morgan fingerprint density at radius 2 is 1.95 bits per heavy atom. The third-order valence-corrected chi connectivity index (χ3v) is 4.78. The number of hydrogen-bond donors (Lipinski definition) is 2. The normalized spacial score (nSPS) is 23.4. The third-order valence-electron chi connectivity index (χ3n) is 4.78. The molecule has 1 aliphatic carbocycles. The molecule has 2 rings (SSSR count). The van der Waals surface area contributed by atoms with Gasteiger partial charge in [-0.3, -0.25) is 0 Å². The van der Waals surface area contributed by atoms with Crippen molar-refractivity contribution in [3.8, 4) is 5.75 Å². The molecule has 0 heterocycles. The van der Waals surface area contributed by atoms with E-state index in [0.29, 0.717) is 11.8 Å². The Hall–Kier alpha value is -1.18. The van der Waals surface area contributed by atoms with Crippen molar-refractivity contribution in [3.05, 3.63) is 23.3 Å². The maximum absolute atomic E-state index is 10.0. The van der Waals surface area contributed by atoms with Crippen molar-refractivity contribution < 1.29 is 5.11 Å². The zero-order valence-corrected chi connectivity index (χ0v) is 13.2. The van der Waals surface area contributed by atoms with Crippen LogP contribution in [0.1, 0.15) is 63.0 Å². The topological polar surface area (TPSA) is 32.3 Å². The van der Waals surface area contributed by atoms with Gasteiger partial charge < -0.3 is 10.4 Å². The van der Waals surface area contributed by atoms with Gasteiger partial charge in [0.2, 0.25) is 0 Å². The van der Waals surface area contributed by atoms with Crippen LogP contribution in [-0.2, 0) is 0 Å². The second kappa shape index (κ2) is 7.01. The molecule has 0 aromatic heterocycles. The number of benzene rings is 1. The van der Waals surface area contributed by atoms with E-state index in [4.69, 9.17) is 0 Å². The Balaban J connectivity index is 1.98. The third kappa shape index (κ3) is 3.68. The summed E-state index contributed by atoms with van der Waals surface area (Å²) in [5, 5.41) is 13.7. The minimum Gasteiger partial charge on any atom is -0.507 e. The zero-order chi connectivity index (χ0) is 14.5. The molecule has 2 atom stereocenters. The highest BCUT2D eigenvalue weighted by molar-refractivity contribution is 5.59. The lowest BCUT2D eigenvalue weighted by Crippen LogP contribution is -2.19. The maximum Gasteiger partial charge on any atom is 0.123 e. The fraction of sp³-hybridized carbons (Fsp3) is 0.667. The number of hydrogen-bond acceptors (Lipinski definition) is 2. The minimum absolute atomic E-state index is 0.437. The molecular formula is C18H29NO. The largest absolute Gasteiger partial charge is 0.507 e. The van der Waals surface area contributed by atoms with Crippen LogP contribution in [0.3, 0.4) is 0 Å². The molecule has 2 N–H and O–H groups in total. The van der Waals surface area contributed by atoms with Gasteiger partial charge in [-0.2, -0.15) is 0 Å². The molecule has 0 radical (unpaired) electrons. The van der Waals surface area contributed by atoms with E-state index >= 15 is 0 Å². The molecule has 2 nitrogen and oxygen atoms in total. The van der Waals surface area contributed by atoms with Crippen LogP contribution in [0.15, 0.2) is 12.1 Å². The number of aromatic hydroxyl groups is 1. The average molecular weight is 275 g/mol. The van der Waals surface area contributed by atoms with E-state index < -0.39 is 0 Å². The molecule has 0 bridgehead atoms. The fourth-order valence-electron chi connectivity index (χ4n) is 3.43. The monoisotopic (exact) mass is 275 g/mol. The summed E-state index contributed by atoms with van der Waals surface area (Å²) < 4.78 is 0. The molecule has 0 spiro atoms. The van der Waals surface area contributed by atoms with Crippen molar-refractivity contribution in [3.63, 3.8) is 0 Å². The van der Waals surface area contributed by atoms with E-state index in [9.17, 15) is 5.11 Å². The second-order valence-electron chi connectivity index (χ2n) is 6.41. The highest BCUT2D eigenvalue weighted by Crippen LogP contribution is 2.32. The number of nitrogens with one attached hydrogen (secondary N) is 1. The van der Waals surface area contributed by atoms with E-state index in [-0.39, 0.29) is 0 Å². The van der Waals surface area contributed by atoms with Crippen molar-refractivity contribution in [1.82, 2.24) is 0 Å². The smallest absolute Gasteiger partial charge is 0.123 e. The summed E-state index contributed by atoms with van der Waals surface area (Å²) in [6.45, 7) is 6.24. The molecule has 0 aliphatic heterocycles. The molecule has 0 amide bonds. The van der Waals surface area contributed by atoms with Crippen molar-refractivity contribution in [2.24, 2.45) is 5.92 Å². The average Bonchev–Trinajstić information content (AvgIpc) is 2.66. The van der Waals surface area contributed by atoms with Gasteiger partial charge in [-0.15, -0.1) is 0 Å². The number of phenols is 1. The summed E-state index contributed by atoms with van der Waals surface area (Å²) in [6.07, 6.45) is 9.30. The summed E-state index contributed by atoms with van der Waals surface area (Å²) in [4.78, 5) is 0. The van der Waals surface area contributed by atoms with E-state index in [2.05, 4.69) is 18.3 Å².